The number of esters is 1. The van der Waals surface area contributed by atoms with Crippen molar-refractivity contribution in [3.63, 3.8) is 0 Å². The van der Waals surface area contributed by atoms with Crippen LogP contribution in [0.5, 0.6) is 5.75 Å². The van der Waals surface area contributed by atoms with E-state index in [1.54, 1.807) is 25.1 Å². The summed E-state index contributed by atoms with van der Waals surface area (Å²) in [5.74, 6) is -0.305. The predicted octanol–water partition coefficient (Wildman–Crippen LogP) is 3.12. The van der Waals surface area contributed by atoms with E-state index >= 15 is 0 Å². The molecule has 0 saturated heterocycles. The van der Waals surface area contributed by atoms with Crippen LogP contribution in [0.25, 0.3) is 0 Å². The predicted molar refractivity (Wildman–Crippen MR) is 108 cm³/mol. The minimum atomic E-state index is -0.428. The SMILES string of the molecule is CC(=O)Oc1ccccc1Cn1c(C)c(C(=O)NCc2ccccc2)sc1=O. The highest BCUT2D eigenvalue weighted by atomic mass is 32.1. The van der Waals surface area contributed by atoms with Crippen molar-refractivity contribution in [1.82, 2.24) is 9.88 Å². The molecule has 0 spiro atoms. The normalized spacial score (nSPS) is 10.5. The Labute approximate surface area is 166 Å². The maximum Gasteiger partial charge on any atom is 0.308 e. The summed E-state index contributed by atoms with van der Waals surface area (Å²) < 4.78 is 6.73. The molecule has 2 aromatic carbocycles. The molecule has 0 bridgehead atoms. The fraction of sp³-hybridized carbons (Fsp3) is 0.190. The first-order chi connectivity index (χ1) is 13.5. The molecule has 0 fully saturated rings. The van der Waals surface area contributed by atoms with E-state index in [1.165, 1.54) is 11.5 Å². The van der Waals surface area contributed by atoms with Crippen molar-refractivity contribution < 1.29 is 14.3 Å². The van der Waals surface area contributed by atoms with Crippen LogP contribution in [0.4, 0.5) is 0 Å². The van der Waals surface area contributed by atoms with Gasteiger partial charge in [0.05, 0.1) is 6.54 Å². The van der Waals surface area contributed by atoms with Gasteiger partial charge < -0.3 is 10.1 Å². The number of amides is 1. The number of nitrogens with one attached hydrogen (secondary N) is 1. The molecule has 0 atom stereocenters. The van der Waals surface area contributed by atoms with Crippen LogP contribution in [0.15, 0.2) is 59.4 Å². The van der Waals surface area contributed by atoms with Crippen LogP contribution >= 0.6 is 11.3 Å². The summed E-state index contributed by atoms with van der Waals surface area (Å²) in [6.07, 6.45) is 0. The first-order valence-corrected chi connectivity index (χ1v) is 9.56. The molecule has 3 aromatic rings. The molecular formula is C21H20N2O4S. The van der Waals surface area contributed by atoms with E-state index in [-0.39, 0.29) is 17.3 Å². The van der Waals surface area contributed by atoms with Gasteiger partial charge in [0.25, 0.3) is 5.91 Å². The van der Waals surface area contributed by atoms with Gasteiger partial charge in [0.1, 0.15) is 10.6 Å². The Balaban J connectivity index is 1.80. The van der Waals surface area contributed by atoms with Gasteiger partial charge in [-0.05, 0) is 18.6 Å². The summed E-state index contributed by atoms with van der Waals surface area (Å²) in [5.41, 5.74) is 2.26. The lowest BCUT2D eigenvalue weighted by atomic mass is 10.2. The molecule has 6 nitrogen and oxygen atoms in total. The standard InChI is InChI=1S/C21H20N2O4S/c1-14-19(20(25)22-12-16-8-4-3-5-9-16)28-21(26)23(14)13-17-10-6-7-11-18(17)27-15(2)24/h3-11H,12-13H2,1-2H3,(H,22,25). The molecule has 144 valence electrons. The second kappa shape index (κ2) is 8.67. The summed E-state index contributed by atoms with van der Waals surface area (Å²) in [4.78, 5) is 36.5. The van der Waals surface area contributed by atoms with E-state index in [2.05, 4.69) is 5.32 Å². The molecule has 1 amide bonds. The molecule has 3 rings (SSSR count). The number of carbonyl (C=O) groups is 2. The molecule has 0 radical (unpaired) electrons. The van der Waals surface area contributed by atoms with E-state index < -0.39 is 5.97 Å². The molecule has 1 heterocycles. The third-order valence-corrected chi connectivity index (χ3v) is 5.28. The highest BCUT2D eigenvalue weighted by Crippen LogP contribution is 2.21. The molecule has 0 saturated carbocycles. The highest BCUT2D eigenvalue weighted by Gasteiger charge is 2.18. The number of carbonyl (C=O) groups excluding carboxylic acids is 2. The van der Waals surface area contributed by atoms with Crippen molar-refractivity contribution in [1.29, 1.82) is 0 Å². The van der Waals surface area contributed by atoms with Crippen molar-refractivity contribution in [3.8, 4) is 5.75 Å². The van der Waals surface area contributed by atoms with Crippen molar-refractivity contribution in [2.24, 2.45) is 0 Å². The topological polar surface area (TPSA) is 77.4 Å². The van der Waals surface area contributed by atoms with Crippen LogP contribution in [0.3, 0.4) is 0 Å². The van der Waals surface area contributed by atoms with E-state index in [4.69, 9.17) is 4.74 Å². The number of ether oxygens (including phenoxy) is 1. The third kappa shape index (κ3) is 4.55. The molecule has 0 aliphatic carbocycles. The summed E-state index contributed by atoms with van der Waals surface area (Å²) in [5, 5.41) is 2.85. The Kier molecular flexibility index (Phi) is 6.06. The van der Waals surface area contributed by atoms with Gasteiger partial charge in [-0.2, -0.15) is 0 Å². The van der Waals surface area contributed by atoms with Gasteiger partial charge in [-0.15, -0.1) is 0 Å². The average molecular weight is 396 g/mol. The minimum Gasteiger partial charge on any atom is -0.426 e. The Morgan fingerprint density at radius 1 is 1.07 bits per heavy atom. The maximum atomic E-state index is 12.5. The lowest BCUT2D eigenvalue weighted by molar-refractivity contribution is -0.131. The van der Waals surface area contributed by atoms with E-state index in [1.807, 2.05) is 36.4 Å². The largest absolute Gasteiger partial charge is 0.426 e. The lowest BCUT2D eigenvalue weighted by Crippen LogP contribution is -2.23. The number of hydrogen-bond donors (Lipinski definition) is 1. The number of aromatic nitrogens is 1. The van der Waals surface area contributed by atoms with E-state index in [9.17, 15) is 14.4 Å². The lowest BCUT2D eigenvalue weighted by Gasteiger charge is -2.10. The van der Waals surface area contributed by atoms with Crippen LogP contribution in [0, 0.1) is 6.92 Å². The molecule has 1 N–H and O–H groups in total. The van der Waals surface area contributed by atoms with Gasteiger partial charge in [0.15, 0.2) is 0 Å². The van der Waals surface area contributed by atoms with Crippen molar-refractivity contribution >= 4 is 23.2 Å². The molecule has 1 aromatic heterocycles. The van der Waals surface area contributed by atoms with Crippen LogP contribution in [0.1, 0.15) is 33.4 Å². The van der Waals surface area contributed by atoms with Crippen LogP contribution in [0.2, 0.25) is 0 Å². The molecule has 0 aliphatic heterocycles. The first-order valence-electron chi connectivity index (χ1n) is 8.74. The molecular weight excluding hydrogens is 376 g/mol. The number of thiazole rings is 1. The number of hydrogen-bond acceptors (Lipinski definition) is 5. The van der Waals surface area contributed by atoms with E-state index in [0.29, 0.717) is 28.4 Å². The van der Waals surface area contributed by atoms with Crippen LogP contribution in [-0.2, 0) is 17.9 Å². The Morgan fingerprint density at radius 3 is 2.46 bits per heavy atom. The molecule has 0 unspecified atom stereocenters. The summed E-state index contributed by atoms with van der Waals surface area (Å²) in [7, 11) is 0. The van der Waals surface area contributed by atoms with Crippen molar-refractivity contribution in [2.75, 3.05) is 0 Å². The van der Waals surface area contributed by atoms with Crippen LogP contribution < -0.4 is 14.9 Å². The van der Waals surface area contributed by atoms with Crippen molar-refractivity contribution in [2.45, 2.75) is 26.9 Å². The second-order valence-electron chi connectivity index (χ2n) is 6.24. The number of benzene rings is 2. The smallest absolute Gasteiger partial charge is 0.308 e. The highest BCUT2D eigenvalue weighted by molar-refractivity contribution is 7.11. The van der Waals surface area contributed by atoms with Gasteiger partial charge in [-0.25, -0.2) is 0 Å². The maximum absolute atomic E-state index is 12.5. The molecule has 28 heavy (non-hydrogen) atoms. The summed E-state index contributed by atoms with van der Waals surface area (Å²) in [6, 6.07) is 16.6. The Morgan fingerprint density at radius 2 is 1.75 bits per heavy atom. The van der Waals surface area contributed by atoms with Crippen LogP contribution in [-0.4, -0.2) is 16.4 Å². The van der Waals surface area contributed by atoms with Crippen molar-refractivity contribution in [3.05, 3.63) is 86.0 Å². The molecule has 7 heteroatoms. The van der Waals surface area contributed by atoms with Gasteiger partial charge in [-0.1, -0.05) is 59.9 Å². The zero-order valence-corrected chi connectivity index (χ0v) is 16.4. The quantitative estimate of drug-likeness (QED) is 0.513. The van der Waals surface area contributed by atoms with Gasteiger partial charge in [-0.3, -0.25) is 19.0 Å². The van der Waals surface area contributed by atoms with E-state index in [0.717, 1.165) is 16.9 Å². The monoisotopic (exact) mass is 396 g/mol. The minimum absolute atomic E-state index is 0.219. The fourth-order valence-corrected chi connectivity index (χ4v) is 3.70. The number of para-hydroxylation sites is 1. The Hall–Kier alpha value is -3.19. The fourth-order valence-electron chi connectivity index (χ4n) is 2.79. The van der Waals surface area contributed by atoms with Gasteiger partial charge in [0, 0.05) is 24.7 Å². The zero-order chi connectivity index (χ0) is 20.1. The average Bonchev–Trinajstić information content (AvgIpc) is 2.96. The third-order valence-electron chi connectivity index (χ3n) is 4.20. The number of nitrogens with zero attached hydrogens (tertiary/aromatic N) is 1. The summed E-state index contributed by atoms with van der Waals surface area (Å²) in [6.45, 7) is 3.68. The Bertz CT molecular complexity index is 1050. The summed E-state index contributed by atoms with van der Waals surface area (Å²) >= 11 is 0.911. The zero-order valence-electron chi connectivity index (χ0n) is 15.6. The van der Waals surface area contributed by atoms with Gasteiger partial charge >= 0.3 is 10.8 Å². The molecule has 0 aliphatic rings. The van der Waals surface area contributed by atoms with Gasteiger partial charge in [0.2, 0.25) is 0 Å². The first kappa shape index (κ1) is 19.6. The second-order valence-corrected chi connectivity index (χ2v) is 7.20. The number of rotatable bonds is 6.